The van der Waals surface area contributed by atoms with E-state index in [1.54, 1.807) is 0 Å². The van der Waals surface area contributed by atoms with Crippen molar-refractivity contribution in [1.29, 1.82) is 0 Å². The summed E-state index contributed by atoms with van der Waals surface area (Å²) in [5, 5.41) is 3.75. The average Bonchev–Trinajstić information content (AvgIpc) is 2.32. The van der Waals surface area contributed by atoms with E-state index in [-0.39, 0.29) is 0 Å². The number of nitrogens with zero attached hydrogens (tertiary/aromatic N) is 2. The van der Waals surface area contributed by atoms with Crippen molar-refractivity contribution in [2.75, 3.05) is 40.3 Å². The number of likely N-dealkylation sites (tertiary alicyclic amines) is 1. The Morgan fingerprint density at radius 2 is 2.06 bits per heavy atom. The molecular formula is C15H31N3. The molecule has 2 atom stereocenters. The molecule has 0 radical (unpaired) electrons. The summed E-state index contributed by atoms with van der Waals surface area (Å²) >= 11 is 0. The van der Waals surface area contributed by atoms with Gasteiger partial charge in [0.25, 0.3) is 0 Å². The molecule has 2 saturated heterocycles. The van der Waals surface area contributed by atoms with Crippen molar-refractivity contribution < 1.29 is 0 Å². The van der Waals surface area contributed by atoms with E-state index < -0.39 is 0 Å². The van der Waals surface area contributed by atoms with Crippen LogP contribution in [0.25, 0.3) is 0 Å². The van der Waals surface area contributed by atoms with Gasteiger partial charge in [0.1, 0.15) is 0 Å². The fourth-order valence-electron chi connectivity index (χ4n) is 3.46. The van der Waals surface area contributed by atoms with E-state index in [0.29, 0.717) is 11.5 Å². The maximum absolute atomic E-state index is 3.75. The van der Waals surface area contributed by atoms with Crippen molar-refractivity contribution in [2.24, 2.45) is 5.41 Å². The molecule has 3 nitrogen and oxygen atoms in total. The summed E-state index contributed by atoms with van der Waals surface area (Å²) in [5.74, 6) is 0. The summed E-state index contributed by atoms with van der Waals surface area (Å²) < 4.78 is 0. The van der Waals surface area contributed by atoms with Gasteiger partial charge in [0.2, 0.25) is 0 Å². The van der Waals surface area contributed by atoms with Crippen LogP contribution in [0, 0.1) is 5.41 Å². The summed E-state index contributed by atoms with van der Waals surface area (Å²) in [6.45, 7) is 9.84. The highest BCUT2D eigenvalue weighted by molar-refractivity contribution is 4.91. The molecule has 0 bridgehead atoms. The Hall–Kier alpha value is -0.120. The molecule has 0 amide bonds. The SMILES string of the molecule is CN(C)C1CCCN(CC2NCCCC2(C)C)C1. The lowest BCUT2D eigenvalue weighted by Gasteiger charge is -2.44. The summed E-state index contributed by atoms with van der Waals surface area (Å²) in [5.41, 5.74) is 0.462. The lowest BCUT2D eigenvalue weighted by molar-refractivity contribution is 0.0839. The molecule has 18 heavy (non-hydrogen) atoms. The smallest absolute Gasteiger partial charge is 0.0246 e. The lowest BCUT2D eigenvalue weighted by Crippen LogP contribution is -2.55. The monoisotopic (exact) mass is 253 g/mol. The van der Waals surface area contributed by atoms with Crippen LogP contribution in [0.1, 0.15) is 39.5 Å². The Morgan fingerprint density at radius 3 is 2.72 bits per heavy atom. The van der Waals surface area contributed by atoms with Crippen molar-refractivity contribution in [2.45, 2.75) is 51.6 Å². The average molecular weight is 253 g/mol. The predicted molar refractivity (Wildman–Crippen MR) is 78.0 cm³/mol. The van der Waals surface area contributed by atoms with Crippen LogP contribution in [0.2, 0.25) is 0 Å². The molecule has 0 aliphatic carbocycles. The lowest BCUT2D eigenvalue weighted by atomic mass is 9.77. The van der Waals surface area contributed by atoms with Gasteiger partial charge in [0.15, 0.2) is 0 Å². The first kappa shape index (κ1) is 14.3. The molecule has 1 N–H and O–H groups in total. The van der Waals surface area contributed by atoms with Crippen LogP contribution < -0.4 is 5.32 Å². The third-order valence-electron chi connectivity index (χ3n) is 4.98. The van der Waals surface area contributed by atoms with Gasteiger partial charge in [-0.15, -0.1) is 0 Å². The standard InChI is InChI=1S/C15H31N3/c1-15(2)8-6-9-16-14(15)12-18-10-5-7-13(11-18)17(3)4/h13-14,16H,5-12H2,1-4H3. The van der Waals surface area contributed by atoms with Crippen LogP contribution in [0.4, 0.5) is 0 Å². The van der Waals surface area contributed by atoms with Gasteiger partial charge in [-0.2, -0.15) is 0 Å². The van der Waals surface area contributed by atoms with Crippen molar-refractivity contribution in [3.63, 3.8) is 0 Å². The zero-order chi connectivity index (χ0) is 13.2. The van der Waals surface area contributed by atoms with Gasteiger partial charge >= 0.3 is 0 Å². The molecule has 0 aromatic heterocycles. The Balaban J connectivity index is 1.88. The number of hydrogen-bond donors (Lipinski definition) is 1. The first-order valence-electron chi connectivity index (χ1n) is 7.61. The molecule has 0 aromatic carbocycles. The molecular weight excluding hydrogens is 222 g/mol. The van der Waals surface area contributed by atoms with Crippen molar-refractivity contribution in [1.82, 2.24) is 15.1 Å². The van der Waals surface area contributed by atoms with Crippen LogP contribution in [0.15, 0.2) is 0 Å². The minimum Gasteiger partial charge on any atom is -0.312 e. The third kappa shape index (κ3) is 3.46. The van der Waals surface area contributed by atoms with Crippen LogP contribution in [0.5, 0.6) is 0 Å². The van der Waals surface area contributed by atoms with Gasteiger partial charge in [-0.25, -0.2) is 0 Å². The number of hydrogen-bond acceptors (Lipinski definition) is 3. The first-order chi connectivity index (χ1) is 8.49. The Labute approximate surface area is 113 Å². The van der Waals surface area contributed by atoms with Gasteiger partial charge < -0.3 is 15.1 Å². The number of nitrogens with one attached hydrogen (secondary N) is 1. The van der Waals surface area contributed by atoms with E-state index in [1.165, 1.54) is 51.9 Å². The number of likely N-dealkylation sites (N-methyl/N-ethyl adjacent to an activating group) is 1. The fraction of sp³-hybridized carbons (Fsp3) is 1.00. The van der Waals surface area contributed by atoms with E-state index in [1.807, 2.05) is 0 Å². The Kier molecular flexibility index (Phi) is 4.68. The van der Waals surface area contributed by atoms with Gasteiger partial charge in [0.05, 0.1) is 0 Å². The van der Waals surface area contributed by atoms with Crippen LogP contribution >= 0.6 is 0 Å². The highest BCUT2D eigenvalue weighted by Gasteiger charge is 2.34. The van der Waals surface area contributed by atoms with Crippen LogP contribution in [-0.2, 0) is 0 Å². The molecule has 2 unspecified atom stereocenters. The summed E-state index contributed by atoms with van der Waals surface area (Å²) in [7, 11) is 4.44. The van der Waals surface area contributed by atoms with Gasteiger partial charge in [-0.1, -0.05) is 13.8 Å². The summed E-state index contributed by atoms with van der Waals surface area (Å²) in [6, 6.07) is 1.43. The second-order valence-corrected chi connectivity index (χ2v) is 7.12. The molecule has 2 aliphatic rings. The maximum atomic E-state index is 3.75. The van der Waals surface area contributed by atoms with Crippen molar-refractivity contribution >= 4 is 0 Å². The summed E-state index contributed by atoms with van der Waals surface area (Å²) in [4.78, 5) is 5.07. The van der Waals surface area contributed by atoms with E-state index in [0.717, 1.165) is 6.04 Å². The zero-order valence-corrected chi connectivity index (χ0v) is 12.7. The second-order valence-electron chi connectivity index (χ2n) is 7.12. The van der Waals surface area contributed by atoms with Crippen molar-refractivity contribution in [3.8, 4) is 0 Å². The fourth-order valence-corrected chi connectivity index (χ4v) is 3.46. The molecule has 2 heterocycles. The normalized spacial score (nSPS) is 33.8. The molecule has 2 aliphatic heterocycles. The van der Waals surface area contributed by atoms with Gasteiger partial charge in [-0.3, -0.25) is 0 Å². The maximum Gasteiger partial charge on any atom is 0.0246 e. The molecule has 0 saturated carbocycles. The van der Waals surface area contributed by atoms with Crippen LogP contribution in [0.3, 0.4) is 0 Å². The van der Waals surface area contributed by atoms with Gasteiger partial charge in [-0.05, 0) is 58.3 Å². The second kappa shape index (κ2) is 5.89. The zero-order valence-electron chi connectivity index (χ0n) is 12.7. The largest absolute Gasteiger partial charge is 0.312 e. The molecule has 106 valence electrons. The van der Waals surface area contributed by atoms with E-state index in [2.05, 4.69) is 43.1 Å². The molecule has 2 fully saturated rings. The molecule has 3 heteroatoms. The van der Waals surface area contributed by atoms with E-state index in [9.17, 15) is 0 Å². The molecule has 0 spiro atoms. The highest BCUT2D eigenvalue weighted by atomic mass is 15.2. The summed E-state index contributed by atoms with van der Waals surface area (Å²) in [6.07, 6.45) is 5.43. The van der Waals surface area contributed by atoms with Crippen LogP contribution in [-0.4, -0.2) is 62.2 Å². The van der Waals surface area contributed by atoms with E-state index >= 15 is 0 Å². The number of piperidine rings is 2. The molecule has 0 aromatic rings. The van der Waals surface area contributed by atoms with Gasteiger partial charge in [0, 0.05) is 25.2 Å². The minimum atomic E-state index is 0.462. The number of rotatable bonds is 3. The quantitative estimate of drug-likeness (QED) is 0.827. The van der Waals surface area contributed by atoms with E-state index in [4.69, 9.17) is 0 Å². The highest BCUT2D eigenvalue weighted by Crippen LogP contribution is 2.31. The predicted octanol–water partition coefficient (Wildman–Crippen LogP) is 1.79. The van der Waals surface area contributed by atoms with Crippen molar-refractivity contribution in [3.05, 3.63) is 0 Å². The minimum absolute atomic E-state index is 0.462. The first-order valence-corrected chi connectivity index (χ1v) is 7.61. The Bertz CT molecular complexity index is 262. The Morgan fingerprint density at radius 1 is 1.28 bits per heavy atom. The molecule has 2 rings (SSSR count). The third-order valence-corrected chi connectivity index (χ3v) is 4.98. The topological polar surface area (TPSA) is 18.5 Å².